The van der Waals surface area contributed by atoms with Gasteiger partial charge in [-0.3, -0.25) is 4.79 Å². The summed E-state index contributed by atoms with van der Waals surface area (Å²) in [5, 5.41) is 12.5. The van der Waals surface area contributed by atoms with E-state index in [4.69, 9.17) is 4.74 Å². The summed E-state index contributed by atoms with van der Waals surface area (Å²) >= 11 is 0. The minimum atomic E-state index is -0.556. The Morgan fingerprint density at radius 3 is 2.50 bits per heavy atom. The summed E-state index contributed by atoms with van der Waals surface area (Å²) in [5.41, 5.74) is 0.773. The molecule has 0 saturated heterocycles. The molecule has 2 N–H and O–H groups in total. The van der Waals surface area contributed by atoms with Crippen molar-refractivity contribution in [2.75, 3.05) is 0 Å². The normalized spacial score (nSPS) is 13.9. The van der Waals surface area contributed by atoms with Crippen LogP contribution in [-0.4, -0.2) is 23.2 Å². The van der Waals surface area contributed by atoms with Crippen LogP contribution in [-0.2, 0) is 4.79 Å². The van der Waals surface area contributed by atoms with Crippen LogP contribution in [0, 0.1) is 0 Å². The van der Waals surface area contributed by atoms with Gasteiger partial charge in [0.25, 0.3) is 5.91 Å². The number of ether oxygens (including phenoxy) is 1. The Morgan fingerprint density at radius 2 is 1.95 bits per heavy atom. The Bertz CT molecular complexity index is 427. The summed E-state index contributed by atoms with van der Waals surface area (Å²) in [7, 11) is 0. The van der Waals surface area contributed by atoms with Gasteiger partial charge in [0.1, 0.15) is 5.75 Å². The van der Waals surface area contributed by atoms with Crippen molar-refractivity contribution in [2.45, 2.75) is 58.8 Å². The first-order valence-corrected chi connectivity index (χ1v) is 7.22. The van der Waals surface area contributed by atoms with Crippen LogP contribution < -0.4 is 10.1 Å². The third kappa shape index (κ3) is 4.85. The Labute approximate surface area is 121 Å². The third-order valence-corrected chi connectivity index (χ3v) is 3.35. The van der Waals surface area contributed by atoms with Crippen molar-refractivity contribution >= 4 is 5.91 Å². The lowest BCUT2D eigenvalue weighted by molar-refractivity contribution is -0.128. The van der Waals surface area contributed by atoms with Crippen LogP contribution in [0.4, 0.5) is 0 Å². The Hall–Kier alpha value is -1.55. The highest BCUT2D eigenvalue weighted by Gasteiger charge is 2.17. The summed E-state index contributed by atoms with van der Waals surface area (Å²) < 4.78 is 5.63. The van der Waals surface area contributed by atoms with Crippen molar-refractivity contribution in [3.05, 3.63) is 29.8 Å². The molecule has 0 radical (unpaired) electrons. The van der Waals surface area contributed by atoms with Crippen molar-refractivity contribution < 1.29 is 14.6 Å². The number of nitrogens with one attached hydrogen (secondary N) is 1. The molecule has 0 heterocycles. The second-order valence-corrected chi connectivity index (χ2v) is 5.03. The van der Waals surface area contributed by atoms with E-state index in [1.54, 1.807) is 26.0 Å². The summed E-state index contributed by atoms with van der Waals surface area (Å²) in [6.45, 7) is 7.52. The molecule has 1 unspecified atom stereocenters. The average molecular weight is 279 g/mol. The first-order chi connectivity index (χ1) is 9.47. The number of rotatable bonds is 7. The first-order valence-electron chi connectivity index (χ1n) is 7.22. The molecule has 0 fully saturated rings. The number of aliphatic hydroxyl groups is 1. The Morgan fingerprint density at radius 1 is 1.30 bits per heavy atom. The smallest absolute Gasteiger partial charge is 0.260 e. The molecule has 0 aliphatic heterocycles. The zero-order valence-electron chi connectivity index (χ0n) is 12.7. The van der Waals surface area contributed by atoms with E-state index in [2.05, 4.69) is 5.32 Å². The summed E-state index contributed by atoms with van der Waals surface area (Å²) in [6, 6.07) is 7.37. The number of hydrogen-bond acceptors (Lipinski definition) is 3. The fourth-order valence-electron chi connectivity index (χ4n) is 1.92. The second-order valence-electron chi connectivity index (χ2n) is 5.03. The van der Waals surface area contributed by atoms with Gasteiger partial charge in [0.15, 0.2) is 6.10 Å². The highest BCUT2D eigenvalue weighted by molar-refractivity contribution is 5.81. The monoisotopic (exact) mass is 279 g/mol. The molecule has 4 nitrogen and oxygen atoms in total. The summed E-state index contributed by atoms with van der Waals surface area (Å²) in [4.78, 5) is 12.0. The van der Waals surface area contributed by atoms with E-state index in [9.17, 15) is 9.90 Å². The van der Waals surface area contributed by atoms with Crippen molar-refractivity contribution in [2.24, 2.45) is 0 Å². The Kier molecular flexibility index (Phi) is 6.52. The van der Waals surface area contributed by atoms with Crippen molar-refractivity contribution in [1.82, 2.24) is 5.32 Å². The SMILES string of the molecule is CCC(CC)NC(=O)C(C)Oc1cccc([C@@H](C)O)c1. The van der Waals surface area contributed by atoms with Gasteiger partial charge in [0.2, 0.25) is 0 Å². The van der Waals surface area contributed by atoms with E-state index in [0.717, 1.165) is 18.4 Å². The number of amides is 1. The molecule has 112 valence electrons. The second kappa shape index (κ2) is 7.90. The topological polar surface area (TPSA) is 58.6 Å². The molecule has 2 atom stereocenters. The van der Waals surface area contributed by atoms with E-state index in [0.29, 0.717) is 5.75 Å². The number of carbonyl (C=O) groups is 1. The van der Waals surface area contributed by atoms with Gasteiger partial charge in [-0.15, -0.1) is 0 Å². The lowest BCUT2D eigenvalue weighted by atomic mass is 10.1. The number of carbonyl (C=O) groups excluding carboxylic acids is 1. The van der Waals surface area contributed by atoms with Crippen LogP contribution in [0.5, 0.6) is 5.75 Å². The maximum atomic E-state index is 12.0. The quantitative estimate of drug-likeness (QED) is 0.807. The Balaban J connectivity index is 2.63. The third-order valence-electron chi connectivity index (χ3n) is 3.35. The van der Waals surface area contributed by atoms with Crippen LogP contribution in [0.2, 0.25) is 0 Å². The lowest BCUT2D eigenvalue weighted by Gasteiger charge is -2.19. The van der Waals surface area contributed by atoms with Crippen molar-refractivity contribution in [1.29, 1.82) is 0 Å². The molecule has 0 saturated carbocycles. The van der Waals surface area contributed by atoms with E-state index >= 15 is 0 Å². The number of aliphatic hydroxyl groups excluding tert-OH is 1. The lowest BCUT2D eigenvalue weighted by Crippen LogP contribution is -2.42. The summed E-state index contributed by atoms with van der Waals surface area (Å²) in [5.74, 6) is 0.483. The van der Waals surface area contributed by atoms with Gasteiger partial charge in [0.05, 0.1) is 6.10 Å². The zero-order valence-corrected chi connectivity index (χ0v) is 12.7. The number of hydrogen-bond donors (Lipinski definition) is 2. The van der Waals surface area contributed by atoms with Gasteiger partial charge in [-0.25, -0.2) is 0 Å². The molecule has 0 bridgehead atoms. The molecule has 0 aliphatic carbocycles. The van der Waals surface area contributed by atoms with Crippen LogP contribution in [0.1, 0.15) is 52.2 Å². The van der Waals surface area contributed by atoms with Crippen LogP contribution in [0.25, 0.3) is 0 Å². The highest BCUT2D eigenvalue weighted by Crippen LogP contribution is 2.19. The maximum absolute atomic E-state index is 12.0. The van der Waals surface area contributed by atoms with Crippen molar-refractivity contribution in [3.8, 4) is 5.75 Å². The summed E-state index contributed by atoms with van der Waals surface area (Å²) in [6.07, 6.45) is 0.714. The molecule has 1 aromatic carbocycles. The van der Waals surface area contributed by atoms with Crippen LogP contribution in [0.15, 0.2) is 24.3 Å². The molecule has 1 aromatic rings. The maximum Gasteiger partial charge on any atom is 0.260 e. The largest absolute Gasteiger partial charge is 0.481 e. The van der Waals surface area contributed by atoms with Crippen molar-refractivity contribution in [3.63, 3.8) is 0 Å². The van der Waals surface area contributed by atoms with E-state index in [-0.39, 0.29) is 11.9 Å². The fraction of sp³-hybridized carbons (Fsp3) is 0.562. The molecule has 20 heavy (non-hydrogen) atoms. The molecular formula is C16H25NO3. The van der Waals surface area contributed by atoms with Gasteiger partial charge in [-0.05, 0) is 44.4 Å². The zero-order chi connectivity index (χ0) is 15.1. The number of benzene rings is 1. The predicted molar refractivity (Wildman–Crippen MR) is 79.7 cm³/mol. The molecule has 0 aliphatic rings. The highest BCUT2D eigenvalue weighted by atomic mass is 16.5. The molecule has 1 rings (SSSR count). The van der Waals surface area contributed by atoms with Gasteiger partial charge < -0.3 is 15.2 Å². The standard InChI is InChI=1S/C16H25NO3/c1-5-14(6-2)17-16(19)12(4)20-15-9-7-8-13(10-15)11(3)18/h7-12,14,18H,5-6H2,1-4H3,(H,17,19)/t11-,12?/m1/s1. The van der Waals surface area contributed by atoms with Crippen LogP contribution >= 0.6 is 0 Å². The van der Waals surface area contributed by atoms with Gasteiger partial charge >= 0.3 is 0 Å². The van der Waals surface area contributed by atoms with Gasteiger partial charge in [-0.1, -0.05) is 26.0 Å². The van der Waals surface area contributed by atoms with Gasteiger partial charge in [-0.2, -0.15) is 0 Å². The average Bonchev–Trinajstić information content (AvgIpc) is 2.44. The molecular weight excluding hydrogens is 254 g/mol. The van der Waals surface area contributed by atoms with E-state index in [1.807, 2.05) is 26.0 Å². The molecule has 0 spiro atoms. The van der Waals surface area contributed by atoms with Gasteiger partial charge in [0, 0.05) is 6.04 Å². The minimum absolute atomic E-state index is 0.110. The van der Waals surface area contributed by atoms with Crippen LogP contribution in [0.3, 0.4) is 0 Å². The van der Waals surface area contributed by atoms with E-state index < -0.39 is 12.2 Å². The molecule has 4 heteroatoms. The van der Waals surface area contributed by atoms with E-state index in [1.165, 1.54) is 0 Å². The minimum Gasteiger partial charge on any atom is -0.481 e. The predicted octanol–water partition coefficient (Wildman–Crippen LogP) is 2.81. The first kappa shape index (κ1) is 16.5. The fourth-order valence-corrected chi connectivity index (χ4v) is 1.92. The molecule has 1 amide bonds. The molecule has 0 aromatic heterocycles.